The molecule has 0 fully saturated rings. The molecule has 0 aliphatic heterocycles. The molecule has 0 unspecified atom stereocenters. The Morgan fingerprint density at radius 1 is 1.08 bits per heavy atom. The van der Waals surface area contributed by atoms with Crippen LogP contribution in [0.25, 0.3) is 22.0 Å². The highest BCUT2D eigenvalue weighted by atomic mass is 35.5. The molecular formula is C21H22ClN3O. The van der Waals surface area contributed by atoms with Crippen molar-refractivity contribution in [2.75, 3.05) is 27.2 Å². The number of pyridine rings is 1. The monoisotopic (exact) mass is 367 g/mol. The molecule has 1 heterocycles. The van der Waals surface area contributed by atoms with E-state index in [4.69, 9.17) is 11.6 Å². The van der Waals surface area contributed by atoms with Crippen LogP contribution in [0.1, 0.15) is 16.8 Å². The number of aromatic nitrogens is 1. The van der Waals surface area contributed by atoms with Gasteiger partial charge in [-0.05, 0) is 38.5 Å². The van der Waals surface area contributed by atoms with Crippen molar-refractivity contribution in [2.24, 2.45) is 0 Å². The van der Waals surface area contributed by atoms with E-state index in [0.29, 0.717) is 17.1 Å². The lowest BCUT2D eigenvalue weighted by Gasteiger charge is -2.13. The Bertz CT molecular complexity index is 924. The minimum Gasteiger partial charge on any atom is -0.352 e. The van der Waals surface area contributed by atoms with Crippen molar-refractivity contribution in [1.82, 2.24) is 15.2 Å². The summed E-state index contributed by atoms with van der Waals surface area (Å²) in [5, 5.41) is 5.43. The smallest absolute Gasteiger partial charge is 0.253 e. The molecule has 0 saturated heterocycles. The lowest BCUT2D eigenvalue weighted by atomic mass is 10.0. The van der Waals surface area contributed by atoms with Gasteiger partial charge in [0.2, 0.25) is 0 Å². The molecule has 3 rings (SSSR count). The molecule has 1 amide bonds. The quantitative estimate of drug-likeness (QED) is 0.663. The van der Waals surface area contributed by atoms with Gasteiger partial charge in [0, 0.05) is 28.7 Å². The summed E-state index contributed by atoms with van der Waals surface area (Å²) in [5.41, 5.74) is 2.24. The first kappa shape index (κ1) is 18.4. The molecule has 26 heavy (non-hydrogen) atoms. The summed E-state index contributed by atoms with van der Waals surface area (Å²) in [6, 6.07) is 15.4. The van der Waals surface area contributed by atoms with Crippen LogP contribution < -0.4 is 5.32 Å². The number of carbonyl (C=O) groups excluding carboxylic acids is 1. The summed E-state index contributed by atoms with van der Waals surface area (Å²) in [5.74, 6) is -0.0989. The lowest BCUT2D eigenvalue weighted by Crippen LogP contribution is -2.27. The van der Waals surface area contributed by atoms with Crippen molar-refractivity contribution >= 4 is 28.3 Å². The maximum atomic E-state index is 12.6. The summed E-state index contributed by atoms with van der Waals surface area (Å²) < 4.78 is 0. The van der Waals surface area contributed by atoms with Crippen LogP contribution in [0.15, 0.2) is 54.7 Å². The van der Waals surface area contributed by atoms with Crippen LogP contribution >= 0.6 is 11.6 Å². The Balaban J connectivity index is 1.93. The van der Waals surface area contributed by atoms with Crippen molar-refractivity contribution in [2.45, 2.75) is 6.42 Å². The van der Waals surface area contributed by atoms with Crippen LogP contribution in [-0.2, 0) is 0 Å². The van der Waals surface area contributed by atoms with Gasteiger partial charge in [-0.1, -0.05) is 54.1 Å². The molecule has 0 aliphatic carbocycles. The number of amides is 1. The van der Waals surface area contributed by atoms with E-state index in [2.05, 4.69) is 15.2 Å². The van der Waals surface area contributed by atoms with E-state index in [0.717, 1.165) is 35.0 Å². The third-order valence-electron chi connectivity index (χ3n) is 4.24. The fraction of sp³-hybridized carbons (Fsp3) is 0.238. The second kappa shape index (κ2) is 8.30. The van der Waals surface area contributed by atoms with Gasteiger partial charge in [-0.3, -0.25) is 9.78 Å². The van der Waals surface area contributed by atoms with Crippen molar-refractivity contribution in [3.05, 3.63) is 65.3 Å². The normalized spacial score (nSPS) is 11.1. The van der Waals surface area contributed by atoms with E-state index in [-0.39, 0.29) is 5.91 Å². The van der Waals surface area contributed by atoms with E-state index in [9.17, 15) is 4.79 Å². The fourth-order valence-electron chi connectivity index (χ4n) is 2.93. The molecule has 0 radical (unpaired) electrons. The van der Waals surface area contributed by atoms with E-state index < -0.39 is 0 Å². The van der Waals surface area contributed by atoms with Crippen molar-refractivity contribution in [1.29, 1.82) is 0 Å². The largest absolute Gasteiger partial charge is 0.352 e. The molecule has 0 atom stereocenters. The van der Waals surface area contributed by atoms with Crippen molar-refractivity contribution < 1.29 is 4.79 Å². The molecule has 0 bridgehead atoms. The Morgan fingerprint density at radius 2 is 1.77 bits per heavy atom. The summed E-state index contributed by atoms with van der Waals surface area (Å²) in [7, 11) is 4.04. The van der Waals surface area contributed by atoms with E-state index in [1.54, 1.807) is 6.20 Å². The van der Waals surface area contributed by atoms with Crippen LogP contribution in [-0.4, -0.2) is 43.0 Å². The highest BCUT2D eigenvalue weighted by Crippen LogP contribution is 2.32. The third kappa shape index (κ3) is 4.03. The van der Waals surface area contributed by atoms with Gasteiger partial charge in [0.25, 0.3) is 5.91 Å². The van der Waals surface area contributed by atoms with E-state index >= 15 is 0 Å². The van der Waals surface area contributed by atoms with Crippen molar-refractivity contribution in [3.63, 3.8) is 0 Å². The zero-order valence-electron chi connectivity index (χ0n) is 15.0. The predicted molar refractivity (Wildman–Crippen MR) is 108 cm³/mol. The number of fused-ring (bicyclic) bond motifs is 1. The minimum atomic E-state index is -0.0989. The first-order valence-corrected chi connectivity index (χ1v) is 9.01. The Hall–Kier alpha value is -2.43. The zero-order valence-corrected chi connectivity index (χ0v) is 15.8. The summed E-state index contributed by atoms with van der Waals surface area (Å²) in [6.45, 7) is 1.57. The van der Waals surface area contributed by atoms with Gasteiger partial charge in [-0.25, -0.2) is 0 Å². The first-order valence-electron chi connectivity index (χ1n) is 8.63. The summed E-state index contributed by atoms with van der Waals surface area (Å²) in [6.07, 6.45) is 2.55. The molecule has 2 aromatic carbocycles. The van der Waals surface area contributed by atoms with Gasteiger partial charge in [0.1, 0.15) is 0 Å². The average Bonchev–Trinajstić information content (AvgIpc) is 2.64. The number of rotatable bonds is 6. The molecule has 134 valence electrons. The molecular weight excluding hydrogens is 346 g/mol. The van der Waals surface area contributed by atoms with Crippen LogP contribution in [0.2, 0.25) is 5.02 Å². The lowest BCUT2D eigenvalue weighted by molar-refractivity contribution is 0.0953. The number of benzene rings is 2. The molecule has 4 nitrogen and oxygen atoms in total. The molecule has 0 spiro atoms. The Labute approximate surface area is 158 Å². The SMILES string of the molecule is CN(C)CCCNC(=O)c1cnc(-c2ccccc2Cl)c2ccccc12. The van der Waals surface area contributed by atoms with E-state index in [1.807, 2.05) is 62.6 Å². The highest BCUT2D eigenvalue weighted by Gasteiger charge is 2.15. The number of hydrogen-bond acceptors (Lipinski definition) is 3. The fourth-order valence-corrected chi connectivity index (χ4v) is 3.16. The topological polar surface area (TPSA) is 45.2 Å². The van der Waals surface area contributed by atoms with Crippen LogP contribution in [0.4, 0.5) is 0 Å². The molecule has 3 aromatic rings. The second-order valence-corrected chi connectivity index (χ2v) is 6.87. The maximum Gasteiger partial charge on any atom is 0.253 e. The van der Waals surface area contributed by atoms with Crippen molar-refractivity contribution in [3.8, 4) is 11.3 Å². The van der Waals surface area contributed by atoms with E-state index in [1.165, 1.54) is 0 Å². The Kier molecular flexibility index (Phi) is 5.86. The Morgan fingerprint density at radius 3 is 2.50 bits per heavy atom. The molecule has 1 N–H and O–H groups in total. The van der Waals surface area contributed by atoms with Crippen LogP contribution in [0.5, 0.6) is 0 Å². The van der Waals surface area contributed by atoms with Gasteiger partial charge < -0.3 is 10.2 Å². The number of nitrogens with one attached hydrogen (secondary N) is 1. The van der Waals surface area contributed by atoms with Gasteiger partial charge in [0.05, 0.1) is 11.3 Å². The third-order valence-corrected chi connectivity index (χ3v) is 4.57. The van der Waals surface area contributed by atoms with Gasteiger partial charge in [-0.15, -0.1) is 0 Å². The summed E-state index contributed by atoms with van der Waals surface area (Å²) >= 11 is 6.35. The number of hydrogen-bond donors (Lipinski definition) is 1. The number of halogens is 1. The average molecular weight is 368 g/mol. The predicted octanol–water partition coefficient (Wildman–Crippen LogP) is 4.24. The standard InChI is InChI=1S/C21H22ClN3O/c1-25(2)13-7-12-23-21(26)18-14-24-20(16-9-4-3-8-15(16)18)17-10-5-6-11-19(17)22/h3-6,8-11,14H,7,12-13H2,1-2H3,(H,23,26). The molecule has 0 saturated carbocycles. The van der Waals surface area contributed by atoms with Gasteiger partial charge >= 0.3 is 0 Å². The molecule has 5 heteroatoms. The maximum absolute atomic E-state index is 12.6. The van der Waals surface area contributed by atoms with Crippen LogP contribution in [0, 0.1) is 0 Å². The summed E-state index contributed by atoms with van der Waals surface area (Å²) in [4.78, 5) is 19.3. The second-order valence-electron chi connectivity index (χ2n) is 6.46. The van der Waals surface area contributed by atoms with Gasteiger partial charge in [-0.2, -0.15) is 0 Å². The molecule has 0 aliphatic rings. The zero-order chi connectivity index (χ0) is 18.5. The highest BCUT2D eigenvalue weighted by molar-refractivity contribution is 6.33. The van der Waals surface area contributed by atoms with Gasteiger partial charge in [0.15, 0.2) is 0 Å². The first-order chi connectivity index (χ1) is 12.6. The molecule has 1 aromatic heterocycles. The number of carbonyl (C=O) groups is 1. The number of nitrogens with zero attached hydrogens (tertiary/aromatic N) is 2. The van der Waals surface area contributed by atoms with Crippen LogP contribution in [0.3, 0.4) is 0 Å². The minimum absolute atomic E-state index is 0.0989.